The lowest BCUT2D eigenvalue weighted by Gasteiger charge is -2.12. The SMILES string of the molecule is Cc1cc([C@H](N)CN)cc(C)c1C#N. The van der Waals surface area contributed by atoms with E-state index in [0.29, 0.717) is 6.54 Å². The van der Waals surface area contributed by atoms with Crippen LogP contribution in [-0.4, -0.2) is 6.54 Å². The minimum absolute atomic E-state index is 0.139. The van der Waals surface area contributed by atoms with E-state index in [1.165, 1.54) is 0 Å². The van der Waals surface area contributed by atoms with Gasteiger partial charge < -0.3 is 11.5 Å². The maximum absolute atomic E-state index is 8.88. The predicted octanol–water partition coefficient (Wildman–Crippen LogP) is 1.13. The number of rotatable bonds is 2. The lowest BCUT2D eigenvalue weighted by Crippen LogP contribution is -2.21. The van der Waals surface area contributed by atoms with Crippen LogP contribution in [0.1, 0.15) is 28.3 Å². The first-order valence-electron chi connectivity index (χ1n) is 4.57. The fraction of sp³-hybridized carbons (Fsp3) is 0.364. The Morgan fingerprint density at radius 3 is 2.21 bits per heavy atom. The number of aryl methyl sites for hydroxylation is 2. The monoisotopic (exact) mass is 189 g/mol. The number of nitrogens with zero attached hydrogens (tertiary/aromatic N) is 1. The lowest BCUT2D eigenvalue weighted by atomic mass is 9.97. The zero-order chi connectivity index (χ0) is 10.7. The summed E-state index contributed by atoms with van der Waals surface area (Å²) >= 11 is 0. The smallest absolute Gasteiger partial charge is 0.0997 e. The molecule has 74 valence electrons. The zero-order valence-electron chi connectivity index (χ0n) is 8.54. The molecule has 0 amide bonds. The maximum Gasteiger partial charge on any atom is 0.0997 e. The van der Waals surface area contributed by atoms with Crippen molar-refractivity contribution in [3.8, 4) is 6.07 Å². The van der Waals surface area contributed by atoms with Crippen LogP contribution < -0.4 is 11.5 Å². The molecule has 0 spiro atoms. The molecule has 0 saturated carbocycles. The molecule has 0 fully saturated rings. The van der Waals surface area contributed by atoms with Crippen LogP contribution in [0.2, 0.25) is 0 Å². The predicted molar refractivity (Wildman–Crippen MR) is 56.6 cm³/mol. The van der Waals surface area contributed by atoms with E-state index in [4.69, 9.17) is 16.7 Å². The van der Waals surface area contributed by atoms with Crippen LogP contribution in [0.15, 0.2) is 12.1 Å². The molecule has 0 aliphatic rings. The second kappa shape index (κ2) is 4.23. The van der Waals surface area contributed by atoms with Gasteiger partial charge in [0.2, 0.25) is 0 Å². The Hall–Kier alpha value is -1.37. The highest BCUT2D eigenvalue weighted by Crippen LogP contribution is 2.18. The molecule has 4 N–H and O–H groups in total. The molecule has 0 aliphatic carbocycles. The summed E-state index contributed by atoms with van der Waals surface area (Å²) in [5, 5.41) is 8.88. The third kappa shape index (κ3) is 1.92. The average molecular weight is 189 g/mol. The molecule has 3 nitrogen and oxygen atoms in total. The van der Waals surface area contributed by atoms with E-state index < -0.39 is 0 Å². The van der Waals surface area contributed by atoms with Gasteiger partial charge in [-0.1, -0.05) is 12.1 Å². The molecule has 1 aromatic rings. The molecule has 0 aliphatic heterocycles. The van der Waals surface area contributed by atoms with Crippen molar-refractivity contribution in [1.82, 2.24) is 0 Å². The molecule has 0 saturated heterocycles. The zero-order valence-corrected chi connectivity index (χ0v) is 8.54. The van der Waals surface area contributed by atoms with Crippen molar-refractivity contribution in [2.24, 2.45) is 11.5 Å². The topological polar surface area (TPSA) is 75.8 Å². The van der Waals surface area contributed by atoms with Crippen LogP contribution in [0.25, 0.3) is 0 Å². The van der Waals surface area contributed by atoms with Crippen molar-refractivity contribution < 1.29 is 0 Å². The van der Waals surface area contributed by atoms with E-state index in [0.717, 1.165) is 22.3 Å². The van der Waals surface area contributed by atoms with Crippen LogP contribution >= 0.6 is 0 Å². The first kappa shape index (κ1) is 10.7. The largest absolute Gasteiger partial charge is 0.329 e. The van der Waals surface area contributed by atoms with Crippen molar-refractivity contribution in [3.05, 3.63) is 34.4 Å². The normalized spacial score (nSPS) is 12.2. The minimum Gasteiger partial charge on any atom is -0.329 e. The summed E-state index contributed by atoms with van der Waals surface area (Å²) in [5.41, 5.74) is 15.0. The van der Waals surface area contributed by atoms with E-state index in [2.05, 4.69) is 6.07 Å². The Balaban J connectivity index is 3.22. The van der Waals surface area contributed by atoms with Gasteiger partial charge in [-0.15, -0.1) is 0 Å². The molecule has 0 radical (unpaired) electrons. The number of benzene rings is 1. The summed E-state index contributed by atoms with van der Waals surface area (Å²) in [4.78, 5) is 0. The van der Waals surface area contributed by atoms with Gasteiger partial charge in [0, 0.05) is 12.6 Å². The van der Waals surface area contributed by atoms with Gasteiger partial charge in [0.1, 0.15) is 0 Å². The number of nitriles is 1. The van der Waals surface area contributed by atoms with E-state index in [1.54, 1.807) is 0 Å². The van der Waals surface area contributed by atoms with Crippen LogP contribution in [0, 0.1) is 25.2 Å². The molecule has 1 atom stereocenters. The Kier molecular flexibility index (Phi) is 3.23. The van der Waals surface area contributed by atoms with E-state index in [-0.39, 0.29) is 6.04 Å². The van der Waals surface area contributed by atoms with Gasteiger partial charge in [-0.3, -0.25) is 0 Å². The summed E-state index contributed by atoms with van der Waals surface area (Å²) < 4.78 is 0. The Labute approximate surface area is 84.3 Å². The fourth-order valence-corrected chi connectivity index (χ4v) is 1.52. The van der Waals surface area contributed by atoms with Crippen LogP contribution in [0.3, 0.4) is 0 Å². The first-order chi connectivity index (χ1) is 6.60. The van der Waals surface area contributed by atoms with Crippen LogP contribution in [-0.2, 0) is 0 Å². The molecule has 1 aromatic carbocycles. The maximum atomic E-state index is 8.88. The standard InChI is InChI=1S/C11H15N3/c1-7-3-9(11(14)6-13)4-8(2)10(7)5-12/h3-4,11H,6,13-14H2,1-2H3/t11-/m1/s1. The number of hydrogen-bond acceptors (Lipinski definition) is 3. The Bertz CT molecular complexity index is 354. The van der Waals surface area contributed by atoms with Gasteiger partial charge in [-0.2, -0.15) is 5.26 Å². The van der Waals surface area contributed by atoms with Crippen molar-refractivity contribution in [3.63, 3.8) is 0 Å². The lowest BCUT2D eigenvalue weighted by molar-refractivity contribution is 0.735. The highest BCUT2D eigenvalue weighted by atomic mass is 14.7. The van der Waals surface area contributed by atoms with Crippen molar-refractivity contribution >= 4 is 0 Å². The van der Waals surface area contributed by atoms with E-state index in [9.17, 15) is 0 Å². The van der Waals surface area contributed by atoms with E-state index >= 15 is 0 Å². The second-order valence-electron chi connectivity index (χ2n) is 3.48. The minimum atomic E-state index is -0.139. The van der Waals surface area contributed by atoms with Gasteiger partial charge in [0.05, 0.1) is 11.6 Å². The van der Waals surface area contributed by atoms with E-state index in [1.807, 2.05) is 26.0 Å². The summed E-state index contributed by atoms with van der Waals surface area (Å²) in [5.74, 6) is 0. The molecule has 3 heteroatoms. The highest BCUT2D eigenvalue weighted by Gasteiger charge is 2.08. The van der Waals surface area contributed by atoms with Crippen molar-refractivity contribution in [1.29, 1.82) is 5.26 Å². The Morgan fingerprint density at radius 2 is 1.86 bits per heavy atom. The number of hydrogen-bond donors (Lipinski definition) is 2. The summed E-state index contributed by atoms with van der Waals surface area (Å²) in [6, 6.07) is 5.90. The van der Waals surface area contributed by atoms with Gasteiger partial charge >= 0.3 is 0 Å². The molecular formula is C11H15N3. The van der Waals surface area contributed by atoms with Gasteiger partial charge in [-0.25, -0.2) is 0 Å². The quantitative estimate of drug-likeness (QED) is 0.732. The van der Waals surface area contributed by atoms with Gasteiger partial charge in [-0.05, 0) is 30.5 Å². The highest BCUT2D eigenvalue weighted by molar-refractivity contribution is 5.46. The third-order valence-corrected chi connectivity index (χ3v) is 2.35. The molecule has 1 rings (SSSR count). The third-order valence-electron chi connectivity index (χ3n) is 2.35. The van der Waals surface area contributed by atoms with Crippen molar-refractivity contribution in [2.45, 2.75) is 19.9 Å². The summed E-state index contributed by atoms with van der Waals surface area (Å²) in [6.45, 7) is 4.25. The van der Waals surface area contributed by atoms with Crippen LogP contribution in [0.4, 0.5) is 0 Å². The molecule has 14 heavy (non-hydrogen) atoms. The molecule has 0 aromatic heterocycles. The number of nitrogens with two attached hydrogens (primary N) is 2. The average Bonchev–Trinajstić information content (AvgIpc) is 2.16. The molecule has 0 heterocycles. The van der Waals surface area contributed by atoms with Gasteiger partial charge in [0.25, 0.3) is 0 Å². The molecule has 0 unspecified atom stereocenters. The second-order valence-corrected chi connectivity index (χ2v) is 3.48. The van der Waals surface area contributed by atoms with Gasteiger partial charge in [0.15, 0.2) is 0 Å². The van der Waals surface area contributed by atoms with Crippen LogP contribution in [0.5, 0.6) is 0 Å². The molecular weight excluding hydrogens is 174 g/mol. The van der Waals surface area contributed by atoms with Crippen molar-refractivity contribution in [2.75, 3.05) is 6.54 Å². The summed E-state index contributed by atoms with van der Waals surface area (Å²) in [6.07, 6.45) is 0. The fourth-order valence-electron chi connectivity index (χ4n) is 1.52. The summed E-state index contributed by atoms with van der Waals surface area (Å²) in [7, 11) is 0. The molecule has 0 bridgehead atoms. The Morgan fingerprint density at radius 1 is 1.36 bits per heavy atom. The first-order valence-corrected chi connectivity index (χ1v) is 4.57.